The van der Waals surface area contributed by atoms with E-state index < -0.39 is 0 Å². The molecule has 0 aromatic carbocycles. The lowest BCUT2D eigenvalue weighted by atomic mass is 10.1. The Kier molecular flexibility index (Phi) is 5.13. The summed E-state index contributed by atoms with van der Waals surface area (Å²) >= 11 is 5.93. The summed E-state index contributed by atoms with van der Waals surface area (Å²) < 4.78 is 0. The topological polar surface area (TPSA) is 37.8 Å². The summed E-state index contributed by atoms with van der Waals surface area (Å²) in [7, 11) is 1.89. The molecule has 0 bridgehead atoms. The van der Waals surface area contributed by atoms with Gasteiger partial charge in [0.1, 0.15) is 5.15 Å². The van der Waals surface area contributed by atoms with Crippen molar-refractivity contribution in [2.75, 3.05) is 7.05 Å². The number of unbranched alkanes of at least 4 members (excludes halogenated alkanes) is 1. The Hall–Kier alpha value is -1.87. The fraction of sp³-hybridized carbons (Fsp3) is 0.250. The SMILES string of the molecule is CCCC=CC(=CNC)c1cnc2ccc(Cl)nc2c1. The van der Waals surface area contributed by atoms with E-state index in [0.717, 1.165) is 35.0 Å². The van der Waals surface area contributed by atoms with Crippen LogP contribution in [0.5, 0.6) is 0 Å². The summed E-state index contributed by atoms with van der Waals surface area (Å²) in [6.45, 7) is 2.16. The van der Waals surface area contributed by atoms with Crippen LogP contribution in [0.4, 0.5) is 0 Å². The normalized spacial score (nSPS) is 12.2. The summed E-state index contributed by atoms with van der Waals surface area (Å²) in [5.74, 6) is 0. The van der Waals surface area contributed by atoms with Crippen LogP contribution >= 0.6 is 11.6 Å². The number of halogens is 1. The maximum Gasteiger partial charge on any atom is 0.129 e. The third kappa shape index (κ3) is 3.58. The lowest BCUT2D eigenvalue weighted by Crippen LogP contribution is -1.96. The molecule has 0 spiro atoms. The van der Waals surface area contributed by atoms with E-state index in [9.17, 15) is 0 Å². The molecule has 0 unspecified atom stereocenters. The van der Waals surface area contributed by atoms with Crippen LogP contribution in [0.1, 0.15) is 25.3 Å². The molecule has 0 amide bonds. The molecule has 2 aromatic heterocycles. The van der Waals surface area contributed by atoms with E-state index in [4.69, 9.17) is 11.6 Å². The number of allylic oxidation sites excluding steroid dienone is 3. The number of nitrogens with zero attached hydrogens (tertiary/aromatic N) is 2. The van der Waals surface area contributed by atoms with Crippen LogP contribution in [0.15, 0.2) is 42.7 Å². The quantitative estimate of drug-likeness (QED) is 0.661. The second-order valence-corrected chi connectivity index (χ2v) is 4.86. The van der Waals surface area contributed by atoms with E-state index in [0.29, 0.717) is 5.15 Å². The van der Waals surface area contributed by atoms with Gasteiger partial charge in [-0.3, -0.25) is 4.98 Å². The van der Waals surface area contributed by atoms with Gasteiger partial charge in [-0.2, -0.15) is 0 Å². The predicted molar refractivity (Wildman–Crippen MR) is 85.6 cm³/mol. The molecular weight excluding hydrogens is 270 g/mol. The molecule has 2 rings (SSSR count). The summed E-state index contributed by atoms with van der Waals surface area (Å²) in [5.41, 5.74) is 3.76. The largest absolute Gasteiger partial charge is 0.393 e. The smallest absolute Gasteiger partial charge is 0.129 e. The van der Waals surface area contributed by atoms with Crippen molar-refractivity contribution in [2.45, 2.75) is 19.8 Å². The minimum Gasteiger partial charge on any atom is -0.393 e. The second-order valence-electron chi connectivity index (χ2n) is 4.48. The Labute approximate surface area is 124 Å². The Morgan fingerprint density at radius 1 is 1.35 bits per heavy atom. The van der Waals surface area contributed by atoms with E-state index in [1.54, 1.807) is 6.07 Å². The lowest BCUT2D eigenvalue weighted by molar-refractivity contribution is 0.959. The van der Waals surface area contributed by atoms with Gasteiger partial charge in [-0.05, 0) is 30.2 Å². The molecule has 104 valence electrons. The highest BCUT2D eigenvalue weighted by Crippen LogP contribution is 2.20. The molecule has 0 saturated carbocycles. The van der Waals surface area contributed by atoms with Gasteiger partial charge in [-0.25, -0.2) is 4.98 Å². The third-order valence-corrected chi connectivity index (χ3v) is 3.10. The van der Waals surface area contributed by atoms with Crippen LogP contribution < -0.4 is 5.32 Å². The van der Waals surface area contributed by atoms with Crippen molar-refractivity contribution in [3.63, 3.8) is 0 Å². The zero-order valence-electron chi connectivity index (χ0n) is 11.7. The Bertz CT molecular complexity index is 647. The Morgan fingerprint density at radius 3 is 2.95 bits per heavy atom. The molecule has 4 heteroatoms. The second kappa shape index (κ2) is 7.06. The summed E-state index contributed by atoms with van der Waals surface area (Å²) in [6.07, 6.45) is 10.3. The molecule has 3 nitrogen and oxygen atoms in total. The third-order valence-electron chi connectivity index (χ3n) is 2.89. The maximum atomic E-state index is 5.93. The van der Waals surface area contributed by atoms with Gasteiger partial charge in [-0.15, -0.1) is 0 Å². The number of aromatic nitrogens is 2. The molecular formula is C16H18ClN3. The minimum absolute atomic E-state index is 0.483. The molecule has 0 aliphatic heterocycles. The van der Waals surface area contributed by atoms with Crippen LogP contribution in [0, 0.1) is 0 Å². The first-order valence-electron chi connectivity index (χ1n) is 6.71. The number of fused-ring (bicyclic) bond motifs is 1. The Morgan fingerprint density at radius 2 is 2.20 bits per heavy atom. The van der Waals surface area contributed by atoms with Gasteiger partial charge in [-0.1, -0.05) is 37.1 Å². The fourth-order valence-electron chi connectivity index (χ4n) is 1.90. The van der Waals surface area contributed by atoms with Crippen LogP contribution in [0.3, 0.4) is 0 Å². The van der Waals surface area contributed by atoms with Gasteiger partial charge < -0.3 is 5.32 Å². The zero-order valence-corrected chi connectivity index (χ0v) is 12.5. The number of nitrogens with one attached hydrogen (secondary N) is 1. The monoisotopic (exact) mass is 287 g/mol. The van der Waals surface area contributed by atoms with Gasteiger partial charge in [0.2, 0.25) is 0 Å². The molecule has 0 aliphatic rings. The maximum absolute atomic E-state index is 5.93. The first kappa shape index (κ1) is 14.5. The zero-order chi connectivity index (χ0) is 14.4. The van der Waals surface area contributed by atoms with Gasteiger partial charge in [0.05, 0.1) is 11.0 Å². The molecule has 0 saturated heterocycles. The van der Waals surface area contributed by atoms with Crippen molar-refractivity contribution in [1.29, 1.82) is 0 Å². The number of rotatable bonds is 5. The van der Waals surface area contributed by atoms with Crippen molar-refractivity contribution in [1.82, 2.24) is 15.3 Å². The Balaban J connectivity index is 2.40. The van der Waals surface area contributed by atoms with Crippen LogP contribution in [-0.2, 0) is 0 Å². The number of hydrogen-bond donors (Lipinski definition) is 1. The summed E-state index contributed by atoms with van der Waals surface area (Å²) in [5, 5.41) is 3.55. The summed E-state index contributed by atoms with van der Waals surface area (Å²) in [4.78, 5) is 8.74. The average Bonchev–Trinajstić information content (AvgIpc) is 2.46. The predicted octanol–water partition coefficient (Wildman–Crippen LogP) is 4.20. The summed E-state index contributed by atoms with van der Waals surface area (Å²) in [6, 6.07) is 5.64. The number of hydrogen-bond acceptors (Lipinski definition) is 3. The van der Waals surface area contributed by atoms with Crippen molar-refractivity contribution in [3.05, 3.63) is 53.5 Å². The molecule has 2 aromatic rings. The van der Waals surface area contributed by atoms with Crippen molar-refractivity contribution >= 4 is 28.2 Å². The molecule has 20 heavy (non-hydrogen) atoms. The van der Waals surface area contributed by atoms with Gasteiger partial charge in [0, 0.05) is 25.0 Å². The lowest BCUT2D eigenvalue weighted by Gasteiger charge is -2.05. The average molecular weight is 288 g/mol. The van der Waals surface area contributed by atoms with Crippen LogP contribution in [0.2, 0.25) is 5.15 Å². The molecule has 0 atom stereocenters. The van der Waals surface area contributed by atoms with Gasteiger partial charge in [0.25, 0.3) is 0 Å². The number of pyridine rings is 2. The standard InChI is InChI=1S/C16H18ClN3/c1-3-4-5-6-12(10-18-2)13-9-15-14(19-11-13)7-8-16(17)20-15/h5-11,18H,3-4H2,1-2H3. The van der Waals surface area contributed by atoms with E-state index in [1.165, 1.54) is 0 Å². The van der Waals surface area contributed by atoms with Crippen molar-refractivity contribution in [2.24, 2.45) is 0 Å². The van der Waals surface area contributed by atoms with Gasteiger partial charge >= 0.3 is 0 Å². The highest BCUT2D eigenvalue weighted by atomic mass is 35.5. The first-order chi connectivity index (χ1) is 9.74. The van der Waals surface area contributed by atoms with E-state index in [1.807, 2.05) is 31.6 Å². The molecule has 0 aliphatic carbocycles. The minimum atomic E-state index is 0.483. The molecule has 0 radical (unpaired) electrons. The van der Waals surface area contributed by atoms with E-state index in [2.05, 4.69) is 34.4 Å². The highest BCUT2D eigenvalue weighted by molar-refractivity contribution is 6.29. The van der Waals surface area contributed by atoms with Gasteiger partial charge in [0.15, 0.2) is 0 Å². The van der Waals surface area contributed by atoms with Crippen molar-refractivity contribution < 1.29 is 0 Å². The van der Waals surface area contributed by atoms with Crippen LogP contribution in [0.25, 0.3) is 16.6 Å². The molecule has 2 heterocycles. The molecule has 1 N–H and O–H groups in total. The highest BCUT2D eigenvalue weighted by Gasteiger charge is 2.03. The van der Waals surface area contributed by atoms with Crippen LogP contribution in [-0.4, -0.2) is 17.0 Å². The first-order valence-corrected chi connectivity index (χ1v) is 7.09. The van der Waals surface area contributed by atoms with Crippen molar-refractivity contribution in [3.8, 4) is 0 Å². The fourth-order valence-corrected chi connectivity index (χ4v) is 2.05. The van der Waals surface area contributed by atoms with E-state index >= 15 is 0 Å². The molecule has 0 fully saturated rings. The van der Waals surface area contributed by atoms with E-state index in [-0.39, 0.29) is 0 Å².